The maximum Gasteiger partial charge on any atom is 0.573 e. The van der Waals surface area contributed by atoms with Gasteiger partial charge in [-0.25, -0.2) is 4.39 Å². The first-order valence-electron chi connectivity index (χ1n) is 8.94. The van der Waals surface area contributed by atoms with E-state index in [4.69, 9.17) is 0 Å². The highest BCUT2D eigenvalue weighted by Gasteiger charge is 2.34. The SMILES string of the molecule is CC(C)[C@@H](NC(=O)C1CC(=O)NC(N(C)C)N1)c1ccc(OC(F)(F)F)c(F)c1. The van der Waals surface area contributed by atoms with Crippen molar-refractivity contribution in [3.8, 4) is 5.75 Å². The van der Waals surface area contributed by atoms with Crippen molar-refractivity contribution in [2.24, 2.45) is 5.92 Å². The summed E-state index contributed by atoms with van der Waals surface area (Å²) < 4.78 is 54.7. The molecule has 1 aliphatic rings. The minimum Gasteiger partial charge on any atom is -0.403 e. The number of amides is 2. The highest BCUT2D eigenvalue weighted by atomic mass is 19.4. The van der Waals surface area contributed by atoms with Gasteiger partial charge in [-0.3, -0.25) is 19.8 Å². The van der Waals surface area contributed by atoms with Gasteiger partial charge in [0.05, 0.1) is 18.5 Å². The van der Waals surface area contributed by atoms with E-state index in [1.807, 2.05) is 0 Å². The molecule has 3 atom stereocenters. The van der Waals surface area contributed by atoms with E-state index in [0.717, 1.165) is 12.1 Å². The summed E-state index contributed by atoms with van der Waals surface area (Å²) in [5.41, 5.74) is 0.282. The summed E-state index contributed by atoms with van der Waals surface area (Å²) in [6.07, 6.45) is -5.61. The second kappa shape index (κ2) is 8.95. The van der Waals surface area contributed by atoms with Gasteiger partial charge in [-0.05, 0) is 37.7 Å². The molecule has 11 heteroatoms. The third-order valence-electron chi connectivity index (χ3n) is 4.38. The number of ether oxygens (including phenoxy) is 1. The van der Waals surface area contributed by atoms with Gasteiger partial charge in [0, 0.05) is 0 Å². The second-order valence-electron chi connectivity index (χ2n) is 7.32. The molecule has 2 unspecified atom stereocenters. The molecule has 1 heterocycles. The number of alkyl halides is 3. The molecule has 1 fully saturated rings. The molecule has 29 heavy (non-hydrogen) atoms. The van der Waals surface area contributed by atoms with Gasteiger partial charge in [-0.1, -0.05) is 19.9 Å². The molecule has 1 aromatic rings. The van der Waals surface area contributed by atoms with Crippen molar-refractivity contribution < 1.29 is 31.9 Å². The average Bonchev–Trinajstić information content (AvgIpc) is 2.59. The number of halogens is 4. The summed E-state index contributed by atoms with van der Waals surface area (Å²) in [5, 5.41) is 8.42. The minimum absolute atomic E-state index is 0.0757. The van der Waals surface area contributed by atoms with Crippen LogP contribution in [0.2, 0.25) is 0 Å². The molecule has 1 aliphatic heterocycles. The maximum atomic E-state index is 14.1. The van der Waals surface area contributed by atoms with Crippen LogP contribution in [0.3, 0.4) is 0 Å². The number of hydrogen-bond acceptors (Lipinski definition) is 5. The van der Waals surface area contributed by atoms with Gasteiger partial charge < -0.3 is 15.4 Å². The predicted octanol–water partition coefficient (Wildman–Crippen LogP) is 1.86. The Bertz CT molecular complexity index is 755. The third kappa shape index (κ3) is 6.29. The molecular formula is C18H24F4N4O3. The fourth-order valence-electron chi connectivity index (χ4n) is 2.94. The number of carbonyl (C=O) groups is 2. The van der Waals surface area contributed by atoms with Crippen LogP contribution in [-0.4, -0.2) is 49.5 Å². The molecule has 2 amide bonds. The van der Waals surface area contributed by atoms with E-state index >= 15 is 0 Å². The van der Waals surface area contributed by atoms with Crippen LogP contribution in [0.4, 0.5) is 17.6 Å². The van der Waals surface area contributed by atoms with Crippen LogP contribution < -0.4 is 20.7 Å². The molecule has 0 aromatic heterocycles. The van der Waals surface area contributed by atoms with Crippen molar-refractivity contribution in [3.05, 3.63) is 29.6 Å². The quantitative estimate of drug-likeness (QED) is 0.612. The lowest BCUT2D eigenvalue weighted by Crippen LogP contribution is -2.65. The zero-order valence-corrected chi connectivity index (χ0v) is 16.4. The first-order chi connectivity index (χ1) is 13.4. The number of nitrogens with zero attached hydrogens (tertiary/aromatic N) is 1. The van der Waals surface area contributed by atoms with Gasteiger partial charge in [0.2, 0.25) is 11.8 Å². The van der Waals surface area contributed by atoms with E-state index in [2.05, 4.69) is 20.7 Å². The Hall–Kier alpha value is -2.40. The van der Waals surface area contributed by atoms with Crippen molar-refractivity contribution in [1.29, 1.82) is 0 Å². The summed E-state index contributed by atoms with van der Waals surface area (Å²) in [6, 6.07) is 1.54. The Morgan fingerprint density at radius 1 is 1.31 bits per heavy atom. The summed E-state index contributed by atoms with van der Waals surface area (Å²) in [7, 11) is 3.45. The molecule has 7 nitrogen and oxygen atoms in total. The van der Waals surface area contributed by atoms with Crippen LogP contribution in [0.5, 0.6) is 5.75 Å². The van der Waals surface area contributed by atoms with Crippen molar-refractivity contribution in [3.63, 3.8) is 0 Å². The van der Waals surface area contributed by atoms with E-state index in [1.54, 1.807) is 32.8 Å². The Morgan fingerprint density at radius 2 is 1.97 bits per heavy atom. The topological polar surface area (TPSA) is 82.7 Å². The van der Waals surface area contributed by atoms with Crippen molar-refractivity contribution >= 4 is 11.8 Å². The van der Waals surface area contributed by atoms with Crippen LogP contribution in [0.15, 0.2) is 18.2 Å². The molecular weight excluding hydrogens is 396 g/mol. The van der Waals surface area contributed by atoms with Crippen LogP contribution in [-0.2, 0) is 9.59 Å². The smallest absolute Gasteiger partial charge is 0.403 e. The minimum atomic E-state index is -5.01. The lowest BCUT2D eigenvalue weighted by atomic mass is 9.95. The standard InChI is InChI=1S/C18H24F4N4O3/c1-9(2)15(10-5-6-13(11(19)7-10)29-18(20,21)22)25-16(28)12-8-14(27)24-17(23-12)26(3)4/h5-7,9,12,15,17,23H,8H2,1-4H3,(H,24,27)(H,25,28)/t12?,15-,17?/m1/s1. The lowest BCUT2D eigenvalue weighted by Gasteiger charge is -2.35. The summed E-state index contributed by atoms with van der Waals surface area (Å²) >= 11 is 0. The second-order valence-corrected chi connectivity index (χ2v) is 7.32. The van der Waals surface area contributed by atoms with Gasteiger partial charge in [-0.2, -0.15) is 0 Å². The predicted molar refractivity (Wildman–Crippen MR) is 96.0 cm³/mol. The Morgan fingerprint density at radius 3 is 2.48 bits per heavy atom. The summed E-state index contributed by atoms with van der Waals surface area (Å²) in [5.74, 6) is -3.11. The fraction of sp³-hybridized carbons (Fsp3) is 0.556. The Kier molecular flexibility index (Phi) is 7.06. The maximum absolute atomic E-state index is 14.1. The van der Waals surface area contributed by atoms with E-state index in [0.29, 0.717) is 0 Å². The number of hydrogen-bond donors (Lipinski definition) is 3. The van der Waals surface area contributed by atoms with Gasteiger partial charge >= 0.3 is 6.36 Å². The summed E-state index contributed by atoms with van der Waals surface area (Å²) in [4.78, 5) is 26.3. The van der Waals surface area contributed by atoms with E-state index in [-0.39, 0.29) is 23.8 Å². The molecule has 0 saturated carbocycles. The molecule has 3 N–H and O–H groups in total. The normalized spacial score (nSPS) is 21.1. The molecule has 1 aromatic carbocycles. The van der Waals surface area contributed by atoms with Crippen molar-refractivity contribution in [2.75, 3.05) is 14.1 Å². The van der Waals surface area contributed by atoms with Crippen LogP contribution in [0, 0.1) is 11.7 Å². The van der Waals surface area contributed by atoms with E-state index in [1.165, 1.54) is 6.07 Å². The Labute approximate surface area is 165 Å². The molecule has 0 radical (unpaired) electrons. The third-order valence-corrected chi connectivity index (χ3v) is 4.38. The van der Waals surface area contributed by atoms with Crippen LogP contribution >= 0.6 is 0 Å². The number of carbonyl (C=O) groups excluding carboxylic acids is 2. The van der Waals surface area contributed by atoms with Gasteiger partial charge in [0.1, 0.15) is 6.29 Å². The zero-order valence-electron chi connectivity index (χ0n) is 16.4. The number of nitrogens with one attached hydrogen (secondary N) is 3. The largest absolute Gasteiger partial charge is 0.573 e. The highest BCUT2D eigenvalue weighted by molar-refractivity contribution is 5.89. The average molecular weight is 420 g/mol. The summed E-state index contributed by atoms with van der Waals surface area (Å²) in [6.45, 7) is 3.54. The first-order valence-corrected chi connectivity index (χ1v) is 8.94. The molecule has 0 aliphatic carbocycles. The van der Waals surface area contributed by atoms with Crippen molar-refractivity contribution in [2.45, 2.75) is 45.0 Å². The van der Waals surface area contributed by atoms with Crippen LogP contribution in [0.25, 0.3) is 0 Å². The molecule has 162 valence electrons. The zero-order chi connectivity index (χ0) is 21.9. The monoisotopic (exact) mass is 420 g/mol. The highest BCUT2D eigenvalue weighted by Crippen LogP contribution is 2.30. The fourth-order valence-corrected chi connectivity index (χ4v) is 2.94. The number of benzene rings is 1. The van der Waals surface area contributed by atoms with Gasteiger partial charge in [0.15, 0.2) is 11.6 Å². The van der Waals surface area contributed by atoms with E-state index < -0.39 is 42.2 Å². The van der Waals surface area contributed by atoms with Crippen molar-refractivity contribution in [1.82, 2.24) is 20.9 Å². The van der Waals surface area contributed by atoms with E-state index in [9.17, 15) is 27.2 Å². The molecule has 0 bridgehead atoms. The van der Waals surface area contributed by atoms with Gasteiger partial charge in [0.25, 0.3) is 0 Å². The molecule has 2 rings (SSSR count). The van der Waals surface area contributed by atoms with Gasteiger partial charge in [-0.15, -0.1) is 13.2 Å². The Balaban J connectivity index is 2.16. The van der Waals surface area contributed by atoms with Crippen LogP contribution in [0.1, 0.15) is 31.9 Å². The molecule has 0 spiro atoms. The number of rotatable bonds is 6. The lowest BCUT2D eigenvalue weighted by molar-refractivity contribution is -0.275. The first kappa shape index (κ1) is 22.9. The molecule has 1 saturated heterocycles.